The molecule has 0 aromatic rings. The number of ether oxygens (including phenoxy) is 1. The lowest BCUT2D eigenvalue weighted by Crippen LogP contribution is -2.20. The largest absolute Gasteiger partial charge is 0.463 e. The summed E-state index contributed by atoms with van der Waals surface area (Å²) < 4.78 is 4.68. The monoisotopic (exact) mass is 170 g/mol. The van der Waals surface area contributed by atoms with E-state index >= 15 is 0 Å². The zero-order chi connectivity index (χ0) is 9.14. The van der Waals surface area contributed by atoms with Gasteiger partial charge < -0.3 is 15.8 Å². The van der Waals surface area contributed by atoms with E-state index in [4.69, 9.17) is 5.73 Å². The first-order valence-electron chi connectivity index (χ1n) is 3.60. The Morgan fingerprint density at radius 3 is 2.83 bits per heavy atom. The van der Waals surface area contributed by atoms with E-state index in [9.17, 15) is 9.59 Å². The van der Waals surface area contributed by atoms with Crippen LogP contribution in [0.4, 0.5) is 0 Å². The summed E-state index contributed by atoms with van der Waals surface area (Å²) in [5, 5.41) is 2.32. The van der Waals surface area contributed by atoms with E-state index in [1.807, 2.05) is 0 Å². The fourth-order valence-electron chi connectivity index (χ4n) is 0.926. The molecule has 0 spiro atoms. The second-order valence-electron chi connectivity index (χ2n) is 2.34. The molecule has 1 rings (SSSR count). The van der Waals surface area contributed by atoms with Crippen molar-refractivity contribution in [1.29, 1.82) is 0 Å². The van der Waals surface area contributed by atoms with Crippen LogP contribution >= 0.6 is 0 Å². The van der Waals surface area contributed by atoms with E-state index < -0.39 is 5.97 Å². The minimum absolute atomic E-state index is 0.0185. The molecule has 0 aliphatic carbocycles. The maximum atomic E-state index is 11.0. The summed E-state index contributed by atoms with van der Waals surface area (Å²) in [6.07, 6.45) is 0.0185. The van der Waals surface area contributed by atoms with Gasteiger partial charge in [0.1, 0.15) is 5.82 Å². The lowest BCUT2D eigenvalue weighted by atomic mass is 10.2. The Morgan fingerprint density at radius 1 is 1.75 bits per heavy atom. The van der Waals surface area contributed by atoms with Crippen LogP contribution in [-0.4, -0.2) is 18.5 Å². The summed E-state index contributed by atoms with van der Waals surface area (Å²) in [5.41, 5.74) is 5.57. The Morgan fingerprint density at radius 2 is 2.42 bits per heavy atom. The van der Waals surface area contributed by atoms with Gasteiger partial charge in [0.05, 0.1) is 18.6 Å². The molecule has 1 heterocycles. The second-order valence-corrected chi connectivity index (χ2v) is 2.34. The van der Waals surface area contributed by atoms with Crippen molar-refractivity contribution in [2.45, 2.75) is 13.3 Å². The molecular formula is C7H10N2O3. The molecule has 66 valence electrons. The summed E-state index contributed by atoms with van der Waals surface area (Å²) in [7, 11) is 0. The molecule has 0 aromatic carbocycles. The maximum absolute atomic E-state index is 11.0. The fourth-order valence-corrected chi connectivity index (χ4v) is 0.926. The molecule has 0 atom stereocenters. The van der Waals surface area contributed by atoms with Gasteiger partial charge in [-0.2, -0.15) is 0 Å². The number of nitrogens with two attached hydrogens (primary N) is 1. The average Bonchev–Trinajstić information content (AvgIpc) is 2.30. The van der Waals surface area contributed by atoms with E-state index in [-0.39, 0.29) is 30.3 Å². The smallest absolute Gasteiger partial charge is 0.338 e. The SMILES string of the molecule is CCOC(=O)C1=C(N)NC(=O)C1. The average molecular weight is 170 g/mol. The third-order valence-corrected chi connectivity index (χ3v) is 1.46. The van der Waals surface area contributed by atoms with Gasteiger partial charge in [-0.1, -0.05) is 0 Å². The van der Waals surface area contributed by atoms with Gasteiger partial charge in [0, 0.05) is 0 Å². The van der Waals surface area contributed by atoms with E-state index in [1.165, 1.54) is 0 Å². The van der Waals surface area contributed by atoms with Crippen molar-refractivity contribution in [3.8, 4) is 0 Å². The number of carbonyl (C=O) groups is 2. The highest BCUT2D eigenvalue weighted by atomic mass is 16.5. The van der Waals surface area contributed by atoms with Gasteiger partial charge in [0.25, 0.3) is 0 Å². The molecule has 1 aliphatic rings. The zero-order valence-electron chi connectivity index (χ0n) is 6.72. The minimum atomic E-state index is -0.520. The van der Waals surface area contributed by atoms with Crippen LogP contribution in [0.1, 0.15) is 13.3 Å². The second kappa shape index (κ2) is 3.25. The van der Waals surface area contributed by atoms with E-state index in [1.54, 1.807) is 6.92 Å². The van der Waals surface area contributed by atoms with Crippen LogP contribution in [0, 0.1) is 0 Å². The molecule has 0 saturated heterocycles. The highest BCUT2D eigenvalue weighted by Gasteiger charge is 2.25. The summed E-state index contributed by atoms with van der Waals surface area (Å²) in [6, 6.07) is 0. The minimum Gasteiger partial charge on any atom is -0.463 e. The third-order valence-electron chi connectivity index (χ3n) is 1.46. The topological polar surface area (TPSA) is 81.4 Å². The van der Waals surface area contributed by atoms with Crippen LogP contribution in [0.3, 0.4) is 0 Å². The Kier molecular flexibility index (Phi) is 2.32. The summed E-state index contributed by atoms with van der Waals surface area (Å²) in [5.74, 6) is -0.678. The van der Waals surface area contributed by atoms with Crippen molar-refractivity contribution in [2.75, 3.05) is 6.61 Å². The Balaban J connectivity index is 2.68. The number of hydrogen-bond donors (Lipinski definition) is 2. The van der Waals surface area contributed by atoms with E-state index in [2.05, 4.69) is 10.1 Å². The number of amides is 1. The van der Waals surface area contributed by atoms with Crippen molar-refractivity contribution in [3.05, 3.63) is 11.4 Å². The summed E-state index contributed by atoms with van der Waals surface area (Å²) in [4.78, 5) is 21.8. The first-order chi connectivity index (χ1) is 5.65. The first kappa shape index (κ1) is 8.58. The number of esters is 1. The molecule has 5 nitrogen and oxygen atoms in total. The molecule has 0 unspecified atom stereocenters. The van der Waals surface area contributed by atoms with E-state index in [0.29, 0.717) is 0 Å². The predicted octanol–water partition coefficient (Wildman–Crippen LogP) is -0.760. The summed E-state index contributed by atoms with van der Waals surface area (Å²) >= 11 is 0. The molecule has 1 aliphatic heterocycles. The van der Waals surface area contributed by atoms with Crippen LogP contribution in [0.2, 0.25) is 0 Å². The number of hydrogen-bond acceptors (Lipinski definition) is 4. The molecule has 5 heteroatoms. The van der Waals surface area contributed by atoms with Gasteiger partial charge in [-0.3, -0.25) is 4.79 Å². The highest BCUT2D eigenvalue weighted by molar-refractivity contribution is 5.99. The summed E-state index contributed by atoms with van der Waals surface area (Å²) in [6.45, 7) is 1.97. The highest BCUT2D eigenvalue weighted by Crippen LogP contribution is 2.12. The maximum Gasteiger partial charge on any atom is 0.338 e. The number of rotatable bonds is 2. The first-order valence-corrected chi connectivity index (χ1v) is 3.60. The van der Waals surface area contributed by atoms with Crippen LogP contribution in [0.15, 0.2) is 11.4 Å². The molecule has 0 aromatic heterocycles. The fraction of sp³-hybridized carbons (Fsp3) is 0.429. The quantitative estimate of drug-likeness (QED) is 0.534. The third kappa shape index (κ3) is 1.55. The number of carbonyl (C=O) groups excluding carboxylic acids is 2. The molecular weight excluding hydrogens is 160 g/mol. The lowest BCUT2D eigenvalue weighted by Gasteiger charge is -2.00. The molecule has 1 amide bonds. The Labute approximate surface area is 69.6 Å². The molecule has 0 radical (unpaired) electrons. The van der Waals surface area contributed by atoms with Gasteiger partial charge in [-0.05, 0) is 6.92 Å². The van der Waals surface area contributed by atoms with Crippen molar-refractivity contribution in [3.63, 3.8) is 0 Å². The van der Waals surface area contributed by atoms with Gasteiger partial charge >= 0.3 is 5.97 Å². The molecule has 3 N–H and O–H groups in total. The Bertz CT molecular complexity index is 257. The molecule has 0 bridgehead atoms. The van der Waals surface area contributed by atoms with Gasteiger partial charge in [0.2, 0.25) is 5.91 Å². The standard InChI is InChI=1S/C7H10N2O3/c1-2-12-7(11)4-3-5(10)9-6(4)8/h2-3,8H2,1H3,(H,9,10). The van der Waals surface area contributed by atoms with Crippen molar-refractivity contribution >= 4 is 11.9 Å². The van der Waals surface area contributed by atoms with Crippen LogP contribution < -0.4 is 11.1 Å². The van der Waals surface area contributed by atoms with Crippen molar-refractivity contribution < 1.29 is 14.3 Å². The van der Waals surface area contributed by atoms with Crippen molar-refractivity contribution in [2.24, 2.45) is 5.73 Å². The number of nitrogens with one attached hydrogen (secondary N) is 1. The Hall–Kier alpha value is -1.52. The van der Waals surface area contributed by atoms with E-state index in [0.717, 1.165) is 0 Å². The lowest BCUT2D eigenvalue weighted by molar-refractivity contribution is -0.139. The molecule has 12 heavy (non-hydrogen) atoms. The van der Waals surface area contributed by atoms with Crippen LogP contribution in [0.5, 0.6) is 0 Å². The molecule has 0 saturated carbocycles. The van der Waals surface area contributed by atoms with Crippen LogP contribution in [-0.2, 0) is 14.3 Å². The molecule has 0 fully saturated rings. The van der Waals surface area contributed by atoms with Crippen molar-refractivity contribution in [1.82, 2.24) is 5.32 Å². The van der Waals surface area contributed by atoms with Gasteiger partial charge in [-0.15, -0.1) is 0 Å². The zero-order valence-corrected chi connectivity index (χ0v) is 6.72. The van der Waals surface area contributed by atoms with Crippen LogP contribution in [0.25, 0.3) is 0 Å². The normalized spacial score (nSPS) is 16.2. The van der Waals surface area contributed by atoms with Gasteiger partial charge in [0.15, 0.2) is 0 Å². The predicted molar refractivity (Wildman–Crippen MR) is 40.6 cm³/mol. The van der Waals surface area contributed by atoms with Gasteiger partial charge in [-0.25, -0.2) is 4.79 Å².